The molecular formula is C14H13Br2ClOS. The standard InChI is InChI=1S/C14H13Br2ClOS/c1-2-6-18-10-5-3-4-9(7-10)13(16)12-8-11(15)14(17)19-12/h3-5,7-8,13H,2,6H2,1H3. The van der Waals surface area contributed by atoms with E-state index < -0.39 is 0 Å². The van der Waals surface area contributed by atoms with Crippen molar-refractivity contribution in [1.82, 2.24) is 0 Å². The minimum atomic E-state index is 0.131. The summed E-state index contributed by atoms with van der Waals surface area (Å²) in [5.74, 6) is 0.908. The predicted molar refractivity (Wildman–Crippen MR) is 90.0 cm³/mol. The van der Waals surface area contributed by atoms with Crippen molar-refractivity contribution >= 4 is 54.8 Å². The number of alkyl halides is 1. The zero-order chi connectivity index (χ0) is 13.8. The smallest absolute Gasteiger partial charge is 0.119 e. The van der Waals surface area contributed by atoms with Crippen LogP contribution in [-0.2, 0) is 0 Å². The van der Waals surface area contributed by atoms with E-state index in [1.54, 1.807) is 11.3 Å². The Labute approximate surface area is 139 Å². The van der Waals surface area contributed by atoms with Crippen molar-refractivity contribution in [3.8, 4) is 5.75 Å². The molecule has 2 aromatic rings. The molecule has 0 radical (unpaired) electrons. The Bertz CT molecular complexity index is 537. The molecule has 0 saturated heterocycles. The van der Waals surface area contributed by atoms with Crippen LogP contribution in [0.3, 0.4) is 0 Å². The molecule has 19 heavy (non-hydrogen) atoms. The van der Waals surface area contributed by atoms with Crippen LogP contribution in [0.2, 0.25) is 4.34 Å². The van der Waals surface area contributed by atoms with Crippen LogP contribution in [0.5, 0.6) is 5.75 Å². The predicted octanol–water partition coefficient (Wildman–Crippen LogP) is 6.44. The van der Waals surface area contributed by atoms with Gasteiger partial charge >= 0.3 is 0 Å². The summed E-state index contributed by atoms with van der Waals surface area (Å²) in [6.45, 7) is 2.84. The zero-order valence-corrected chi connectivity index (χ0v) is 15.1. The summed E-state index contributed by atoms with van der Waals surface area (Å²) >= 11 is 14.8. The maximum absolute atomic E-state index is 6.09. The molecule has 1 aromatic heterocycles. The zero-order valence-electron chi connectivity index (χ0n) is 10.3. The SMILES string of the molecule is CCCOc1cccc(C(Br)c2cc(Br)c(Cl)s2)c1. The fraction of sp³-hybridized carbons (Fsp3) is 0.286. The molecule has 0 N–H and O–H groups in total. The summed E-state index contributed by atoms with van der Waals surface area (Å²) in [6.07, 6.45) is 1.01. The molecule has 5 heteroatoms. The Morgan fingerprint density at radius 2 is 2.16 bits per heavy atom. The first-order valence-electron chi connectivity index (χ1n) is 5.93. The van der Waals surface area contributed by atoms with E-state index in [-0.39, 0.29) is 4.83 Å². The highest BCUT2D eigenvalue weighted by Crippen LogP contribution is 2.41. The second-order valence-corrected chi connectivity index (χ2v) is 7.51. The fourth-order valence-electron chi connectivity index (χ4n) is 1.63. The van der Waals surface area contributed by atoms with Crippen LogP contribution in [0, 0.1) is 0 Å². The van der Waals surface area contributed by atoms with Crippen LogP contribution in [0.4, 0.5) is 0 Å². The lowest BCUT2D eigenvalue weighted by molar-refractivity contribution is 0.317. The third-order valence-corrected chi connectivity index (χ3v) is 6.40. The van der Waals surface area contributed by atoms with Crippen LogP contribution >= 0.6 is 54.8 Å². The van der Waals surface area contributed by atoms with Crippen LogP contribution in [-0.4, -0.2) is 6.61 Å². The van der Waals surface area contributed by atoms with E-state index in [0.717, 1.165) is 27.6 Å². The largest absolute Gasteiger partial charge is 0.494 e. The van der Waals surface area contributed by atoms with Gasteiger partial charge in [-0.3, -0.25) is 0 Å². The summed E-state index contributed by atoms with van der Waals surface area (Å²) in [5.41, 5.74) is 1.17. The van der Waals surface area contributed by atoms with Crippen molar-refractivity contribution in [1.29, 1.82) is 0 Å². The van der Waals surface area contributed by atoms with Crippen molar-refractivity contribution < 1.29 is 4.74 Å². The van der Waals surface area contributed by atoms with Gasteiger partial charge in [0.15, 0.2) is 0 Å². The van der Waals surface area contributed by atoms with Gasteiger partial charge in [-0.05, 0) is 46.1 Å². The van der Waals surface area contributed by atoms with Crippen LogP contribution in [0.15, 0.2) is 34.8 Å². The highest BCUT2D eigenvalue weighted by atomic mass is 79.9. The highest BCUT2D eigenvalue weighted by molar-refractivity contribution is 9.10. The Morgan fingerprint density at radius 3 is 2.79 bits per heavy atom. The summed E-state index contributed by atoms with van der Waals surface area (Å²) in [6, 6.07) is 10.2. The summed E-state index contributed by atoms with van der Waals surface area (Å²) in [4.78, 5) is 1.30. The van der Waals surface area contributed by atoms with Gasteiger partial charge in [-0.1, -0.05) is 46.6 Å². The number of benzene rings is 1. The molecule has 0 bridgehead atoms. The third-order valence-electron chi connectivity index (χ3n) is 2.54. The maximum atomic E-state index is 6.09. The number of ether oxygens (including phenoxy) is 1. The maximum Gasteiger partial charge on any atom is 0.119 e. The second kappa shape index (κ2) is 7.11. The molecule has 1 atom stereocenters. The lowest BCUT2D eigenvalue weighted by atomic mass is 10.1. The molecule has 1 nitrogen and oxygen atoms in total. The summed E-state index contributed by atoms with van der Waals surface area (Å²) in [7, 11) is 0. The summed E-state index contributed by atoms with van der Waals surface area (Å²) in [5, 5.41) is 0. The van der Waals surface area contributed by atoms with Crippen molar-refractivity contribution in [3.63, 3.8) is 0 Å². The third kappa shape index (κ3) is 3.97. The second-order valence-electron chi connectivity index (χ2n) is 4.05. The van der Waals surface area contributed by atoms with Crippen molar-refractivity contribution in [3.05, 3.63) is 49.6 Å². The van der Waals surface area contributed by atoms with Crippen LogP contribution in [0.25, 0.3) is 0 Å². The average molecular weight is 425 g/mol. The first-order valence-corrected chi connectivity index (χ1v) is 8.83. The average Bonchev–Trinajstić information content (AvgIpc) is 2.76. The van der Waals surface area contributed by atoms with Gasteiger partial charge in [-0.2, -0.15) is 0 Å². The van der Waals surface area contributed by atoms with Crippen molar-refractivity contribution in [2.75, 3.05) is 6.61 Å². The lowest BCUT2D eigenvalue weighted by Gasteiger charge is -2.10. The van der Waals surface area contributed by atoms with Gasteiger partial charge in [0.25, 0.3) is 0 Å². The van der Waals surface area contributed by atoms with E-state index in [4.69, 9.17) is 16.3 Å². The Hall–Kier alpha value is -0.0300. The normalized spacial score (nSPS) is 12.4. The lowest BCUT2D eigenvalue weighted by Crippen LogP contribution is -1.96. The van der Waals surface area contributed by atoms with E-state index in [1.165, 1.54) is 10.4 Å². The quantitative estimate of drug-likeness (QED) is 0.502. The molecule has 0 spiro atoms. The monoisotopic (exact) mass is 422 g/mol. The minimum absolute atomic E-state index is 0.131. The van der Waals surface area contributed by atoms with Gasteiger partial charge in [0, 0.05) is 9.35 Å². The molecule has 1 unspecified atom stereocenters. The molecule has 0 amide bonds. The molecule has 2 rings (SSSR count). The number of rotatable bonds is 5. The van der Waals surface area contributed by atoms with Gasteiger partial charge in [-0.15, -0.1) is 11.3 Å². The number of hydrogen-bond acceptors (Lipinski definition) is 2. The molecule has 0 aliphatic heterocycles. The van der Waals surface area contributed by atoms with Gasteiger partial charge in [-0.25, -0.2) is 0 Å². The molecule has 0 fully saturated rings. The van der Waals surface area contributed by atoms with E-state index in [2.05, 4.69) is 50.9 Å². The highest BCUT2D eigenvalue weighted by Gasteiger charge is 2.15. The summed E-state index contributed by atoms with van der Waals surface area (Å²) < 4.78 is 7.38. The van der Waals surface area contributed by atoms with E-state index >= 15 is 0 Å². The van der Waals surface area contributed by atoms with Gasteiger partial charge < -0.3 is 4.74 Å². The van der Waals surface area contributed by atoms with Gasteiger partial charge in [0.2, 0.25) is 0 Å². The fourth-order valence-corrected chi connectivity index (χ4v) is 4.07. The first kappa shape index (κ1) is 15.4. The van der Waals surface area contributed by atoms with Crippen molar-refractivity contribution in [2.24, 2.45) is 0 Å². The molecule has 1 aromatic carbocycles. The van der Waals surface area contributed by atoms with E-state index in [1.807, 2.05) is 18.2 Å². The van der Waals surface area contributed by atoms with Crippen LogP contribution < -0.4 is 4.74 Å². The molecule has 102 valence electrons. The van der Waals surface area contributed by atoms with Gasteiger partial charge in [0.1, 0.15) is 10.1 Å². The molecular weight excluding hydrogens is 411 g/mol. The topological polar surface area (TPSA) is 9.23 Å². The van der Waals surface area contributed by atoms with E-state index in [9.17, 15) is 0 Å². The van der Waals surface area contributed by atoms with Crippen LogP contribution in [0.1, 0.15) is 28.6 Å². The molecule has 0 aliphatic carbocycles. The number of thiophene rings is 1. The Morgan fingerprint density at radius 1 is 1.37 bits per heavy atom. The molecule has 0 aliphatic rings. The minimum Gasteiger partial charge on any atom is -0.494 e. The number of hydrogen-bond donors (Lipinski definition) is 0. The van der Waals surface area contributed by atoms with Gasteiger partial charge in [0.05, 0.1) is 11.4 Å². The molecule has 1 heterocycles. The Kier molecular flexibility index (Phi) is 5.75. The number of halogens is 3. The molecule has 0 saturated carbocycles. The first-order chi connectivity index (χ1) is 9.11. The van der Waals surface area contributed by atoms with Crippen molar-refractivity contribution in [2.45, 2.75) is 18.2 Å². The van der Waals surface area contributed by atoms with E-state index in [0.29, 0.717) is 0 Å². The Balaban J connectivity index is 2.20.